The second kappa shape index (κ2) is 4.69. The highest BCUT2D eigenvalue weighted by Crippen LogP contribution is 2.29. The molecule has 2 aromatic rings. The van der Waals surface area contributed by atoms with Gasteiger partial charge < -0.3 is 9.15 Å². The molecule has 0 amide bonds. The molecule has 0 N–H and O–H groups in total. The molecule has 2 rings (SSSR count). The van der Waals surface area contributed by atoms with Gasteiger partial charge in [0.1, 0.15) is 11.5 Å². The minimum Gasteiger partial charge on any atom is -0.496 e. The van der Waals surface area contributed by atoms with Gasteiger partial charge >= 0.3 is 0 Å². The molecule has 0 aliphatic rings. The number of ether oxygens (including phenoxy) is 1. The average Bonchev–Trinajstić information content (AvgIpc) is 2.78. The minimum absolute atomic E-state index is 0.0683. The SMILES string of the molecule is COc1c(C(=O)c2ccoc2C)ccc(C)c1C. The monoisotopic (exact) mass is 244 g/mol. The normalized spacial score (nSPS) is 10.4. The van der Waals surface area contributed by atoms with Crippen molar-refractivity contribution in [2.45, 2.75) is 20.8 Å². The highest BCUT2D eigenvalue weighted by Gasteiger charge is 2.19. The topological polar surface area (TPSA) is 39.4 Å². The molecular weight excluding hydrogens is 228 g/mol. The van der Waals surface area contributed by atoms with Gasteiger partial charge in [-0.2, -0.15) is 0 Å². The number of benzene rings is 1. The first kappa shape index (κ1) is 12.4. The van der Waals surface area contributed by atoms with Crippen molar-refractivity contribution < 1.29 is 13.9 Å². The van der Waals surface area contributed by atoms with Crippen LogP contribution in [-0.4, -0.2) is 12.9 Å². The predicted molar refractivity (Wildman–Crippen MR) is 69.3 cm³/mol. The summed E-state index contributed by atoms with van der Waals surface area (Å²) in [4.78, 5) is 12.4. The van der Waals surface area contributed by atoms with Gasteiger partial charge in [-0.25, -0.2) is 0 Å². The largest absolute Gasteiger partial charge is 0.496 e. The fraction of sp³-hybridized carbons (Fsp3) is 0.267. The van der Waals surface area contributed by atoms with Crippen LogP contribution >= 0.6 is 0 Å². The summed E-state index contributed by atoms with van der Waals surface area (Å²) in [7, 11) is 1.58. The van der Waals surface area contributed by atoms with Crippen LogP contribution < -0.4 is 4.74 Å². The van der Waals surface area contributed by atoms with Gasteiger partial charge in [0.25, 0.3) is 0 Å². The van der Waals surface area contributed by atoms with Crippen LogP contribution in [0.4, 0.5) is 0 Å². The maximum Gasteiger partial charge on any atom is 0.200 e. The zero-order valence-electron chi connectivity index (χ0n) is 11.0. The van der Waals surface area contributed by atoms with E-state index in [0.29, 0.717) is 22.6 Å². The number of rotatable bonds is 3. The molecule has 1 aromatic heterocycles. The lowest BCUT2D eigenvalue weighted by Gasteiger charge is -2.12. The molecule has 18 heavy (non-hydrogen) atoms. The van der Waals surface area contributed by atoms with Gasteiger partial charge in [-0.1, -0.05) is 6.07 Å². The molecule has 0 bridgehead atoms. The highest BCUT2D eigenvalue weighted by molar-refractivity contribution is 6.11. The number of aryl methyl sites for hydroxylation is 2. The van der Waals surface area contributed by atoms with E-state index < -0.39 is 0 Å². The van der Waals surface area contributed by atoms with Gasteiger partial charge in [-0.15, -0.1) is 0 Å². The first-order valence-corrected chi connectivity index (χ1v) is 5.79. The number of methoxy groups -OCH3 is 1. The van der Waals surface area contributed by atoms with E-state index in [1.165, 1.54) is 6.26 Å². The third-order valence-electron chi connectivity index (χ3n) is 3.23. The molecule has 94 valence electrons. The van der Waals surface area contributed by atoms with Crippen molar-refractivity contribution in [3.63, 3.8) is 0 Å². The summed E-state index contributed by atoms with van der Waals surface area (Å²) in [6.07, 6.45) is 1.52. The quantitative estimate of drug-likeness (QED) is 0.776. The molecule has 0 atom stereocenters. The molecule has 0 saturated heterocycles. The van der Waals surface area contributed by atoms with Crippen LogP contribution in [0.25, 0.3) is 0 Å². The Labute approximate surface area is 106 Å². The molecule has 3 nitrogen and oxygen atoms in total. The summed E-state index contributed by atoms with van der Waals surface area (Å²) in [5.74, 6) is 1.20. The maximum absolute atomic E-state index is 12.4. The van der Waals surface area contributed by atoms with E-state index in [4.69, 9.17) is 9.15 Å². The Morgan fingerprint density at radius 2 is 1.83 bits per heavy atom. The van der Waals surface area contributed by atoms with Gasteiger partial charge in [0.15, 0.2) is 5.78 Å². The molecular formula is C15H16O3. The number of carbonyl (C=O) groups is 1. The van der Waals surface area contributed by atoms with Crippen molar-refractivity contribution in [3.05, 3.63) is 52.5 Å². The Bertz CT molecular complexity index is 594. The van der Waals surface area contributed by atoms with E-state index in [2.05, 4.69) is 0 Å². The van der Waals surface area contributed by atoms with Gasteiger partial charge in [0.05, 0.1) is 24.5 Å². The summed E-state index contributed by atoms with van der Waals surface area (Å²) >= 11 is 0. The van der Waals surface area contributed by atoms with Crippen molar-refractivity contribution in [1.29, 1.82) is 0 Å². The highest BCUT2D eigenvalue weighted by atomic mass is 16.5. The van der Waals surface area contributed by atoms with Crippen LogP contribution in [0, 0.1) is 20.8 Å². The minimum atomic E-state index is -0.0683. The second-order valence-electron chi connectivity index (χ2n) is 4.31. The summed E-state index contributed by atoms with van der Waals surface area (Å²) in [5.41, 5.74) is 3.25. The number of ketones is 1. The lowest BCUT2D eigenvalue weighted by molar-refractivity contribution is 0.103. The predicted octanol–water partition coefficient (Wildman–Crippen LogP) is 3.44. The number of hydrogen-bond acceptors (Lipinski definition) is 3. The molecule has 1 heterocycles. The van der Waals surface area contributed by atoms with Gasteiger partial charge in [-0.05, 0) is 44.0 Å². The lowest BCUT2D eigenvalue weighted by atomic mass is 9.98. The molecule has 0 aliphatic carbocycles. The van der Waals surface area contributed by atoms with Crippen LogP contribution in [0.5, 0.6) is 5.75 Å². The van der Waals surface area contributed by atoms with Crippen molar-refractivity contribution >= 4 is 5.78 Å². The van der Waals surface area contributed by atoms with Crippen LogP contribution in [0.2, 0.25) is 0 Å². The molecule has 0 saturated carbocycles. The van der Waals surface area contributed by atoms with E-state index in [1.54, 1.807) is 26.2 Å². The van der Waals surface area contributed by atoms with E-state index in [9.17, 15) is 4.79 Å². The van der Waals surface area contributed by atoms with Crippen molar-refractivity contribution in [2.24, 2.45) is 0 Å². The standard InChI is InChI=1S/C15H16O3/c1-9-5-6-13(15(17-4)10(9)2)14(16)12-7-8-18-11(12)3/h5-8H,1-4H3. The Morgan fingerprint density at radius 1 is 1.11 bits per heavy atom. The zero-order chi connectivity index (χ0) is 13.3. The fourth-order valence-corrected chi connectivity index (χ4v) is 2.00. The molecule has 0 spiro atoms. The molecule has 0 unspecified atom stereocenters. The Hall–Kier alpha value is -2.03. The number of furan rings is 1. The van der Waals surface area contributed by atoms with Crippen molar-refractivity contribution in [2.75, 3.05) is 7.11 Å². The lowest BCUT2D eigenvalue weighted by Crippen LogP contribution is -2.06. The average molecular weight is 244 g/mol. The van der Waals surface area contributed by atoms with E-state index >= 15 is 0 Å². The first-order chi connectivity index (χ1) is 8.56. The van der Waals surface area contributed by atoms with E-state index in [1.807, 2.05) is 19.9 Å². The van der Waals surface area contributed by atoms with E-state index in [-0.39, 0.29) is 5.78 Å². The van der Waals surface area contributed by atoms with Crippen LogP contribution in [0.3, 0.4) is 0 Å². The molecule has 3 heteroatoms. The van der Waals surface area contributed by atoms with Crippen molar-refractivity contribution in [1.82, 2.24) is 0 Å². The number of carbonyl (C=O) groups excluding carboxylic acids is 1. The first-order valence-electron chi connectivity index (χ1n) is 5.79. The smallest absolute Gasteiger partial charge is 0.200 e. The second-order valence-corrected chi connectivity index (χ2v) is 4.31. The Balaban J connectivity index is 2.56. The fourth-order valence-electron chi connectivity index (χ4n) is 2.00. The molecule has 0 fully saturated rings. The van der Waals surface area contributed by atoms with Crippen LogP contribution in [0.15, 0.2) is 28.9 Å². The molecule has 0 radical (unpaired) electrons. The van der Waals surface area contributed by atoms with Crippen LogP contribution in [0.1, 0.15) is 32.8 Å². The summed E-state index contributed by atoms with van der Waals surface area (Å²) in [6, 6.07) is 5.42. The molecule has 1 aromatic carbocycles. The van der Waals surface area contributed by atoms with Gasteiger partial charge in [0.2, 0.25) is 0 Å². The van der Waals surface area contributed by atoms with Crippen molar-refractivity contribution in [3.8, 4) is 5.75 Å². The van der Waals surface area contributed by atoms with Crippen LogP contribution in [-0.2, 0) is 0 Å². The van der Waals surface area contributed by atoms with Gasteiger partial charge in [-0.3, -0.25) is 4.79 Å². The maximum atomic E-state index is 12.4. The summed E-state index contributed by atoms with van der Waals surface area (Å²) in [6.45, 7) is 5.73. The summed E-state index contributed by atoms with van der Waals surface area (Å²) < 4.78 is 10.5. The Kier molecular flexibility index (Phi) is 3.24. The van der Waals surface area contributed by atoms with Gasteiger partial charge in [0, 0.05) is 0 Å². The molecule has 0 aliphatic heterocycles. The Morgan fingerprint density at radius 3 is 2.39 bits per heavy atom. The van der Waals surface area contributed by atoms with E-state index in [0.717, 1.165) is 11.1 Å². The zero-order valence-corrected chi connectivity index (χ0v) is 11.0. The third kappa shape index (κ3) is 1.92. The summed E-state index contributed by atoms with van der Waals surface area (Å²) in [5, 5.41) is 0. The third-order valence-corrected chi connectivity index (χ3v) is 3.23. The number of hydrogen-bond donors (Lipinski definition) is 0.